The van der Waals surface area contributed by atoms with Crippen molar-refractivity contribution in [3.63, 3.8) is 0 Å². The lowest BCUT2D eigenvalue weighted by molar-refractivity contribution is -0.138. The molecule has 1 aromatic carbocycles. The molecule has 0 N–H and O–H groups in total. The van der Waals surface area contributed by atoms with Crippen LogP contribution in [0.3, 0.4) is 0 Å². The van der Waals surface area contributed by atoms with Crippen molar-refractivity contribution >= 4 is 28.7 Å². The predicted molar refractivity (Wildman–Crippen MR) is 103 cm³/mol. The van der Waals surface area contributed by atoms with Crippen molar-refractivity contribution in [3.05, 3.63) is 64.0 Å². The second-order valence-corrected chi connectivity index (χ2v) is 8.02. The van der Waals surface area contributed by atoms with E-state index in [0.29, 0.717) is 23.7 Å². The van der Waals surface area contributed by atoms with E-state index >= 15 is 0 Å². The third-order valence-corrected chi connectivity index (χ3v) is 5.96. The Hall–Kier alpha value is -2.40. The molecule has 1 aromatic heterocycles. The molecule has 26 heavy (non-hydrogen) atoms. The molecule has 0 bridgehead atoms. The van der Waals surface area contributed by atoms with Crippen LogP contribution in [-0.2, 0) is 16.1 Å². The summed E-state index contributed by atoms with van der Waals surface area (Å²) >= 11 is 1.52. The lowest BCUT2D eigenvalue weighted by Gasteiger charge is -2.33. The zero-order valence-corrected chi connectivity index (χ0v) is 15.7. The Morgan fingerprint density at radius 3 is 2.58 bits per heavy atom. The van der Waals surface area contributed by atoms with E-state index < -0.39 is 0 Å². The molecule has 3 heterocycles. The summed E-state index contributed by atoms with van der Waals surface area (Å²) in [5, 5.41) is 1.95. The summed E-state index contributed by atoms with van der Waals surface area (Å²) in [5.74, 6) is 0.206. The molecule has 0 saturated carbocycles. The van der Waals surface area contributed by atoms with E-state index in [0.717, 1.165) is 30.0 Å². The summed E-state index contributed by atoms with van der Waals surface area (Å²) in [4.78, 5) is 30.8. The first-order valence-electron chi connectivity index (χ1n) is 9.08. The predicted octanol–water partition coefficient (Wildman–Crippen LogP) is 3.76. The summed E-state index contributed by atoms with van der Waals surface area (Å²) in [6.45, 7) is 4.20. The lowest BCUT2D eigenvalue weighted by Crippen LogP contribution is -2.39. The van der Waals surface area contributed by atoms with Crippen molar-refractivity contribution in [2.45, 2.75) is 26.3 Å². The minimum atomic E-state index is -0.172. The summed E-state index contributed by atoms with van der Waals surface area (Å²) in [6, 6.07) is 13.6. The number of carbonyl (C=O) groups excluding carboxylic acids is 2. The summed E-state index contributed by atoms with van der Waals surface area (Å²) in [5.41, 5.74) is 2.14. The second-order valence-electron chi connectivity index (χ2n) is 7.08. The molecule has 0 spiro atoms. The number of imide groups is 1. The number of carbonyl (C=O) groups is 2. The van der Waals surface area contributed by atoms with Gasteiger partial charge < -0.3 is 4.90 Å². The summed E-state index contributed by atoms with van der Waals surface area (Å²) in [7, 11) is 0. The molecule has 4 nitrogen and oxygen atoms in total. The molecular formula is C21H22N2O2S. The van der Waals surface area contributed by atoms with Crippen LogP contribution in [0.2, 0.25) is 0 Å². The van der Waals surface area contributed by atoms with Gasteiger partial charge in [-0.05, 0) is 35.8 Å². The topological polar surface area (TPSA) is 40.6 Å². The molecule has 1 unspecified atom stereocenters. The smallest absolute Gasteiger partial charge is 0.278 e. The molecule has 1 fully saturated rings. The van der Waals surface area contributed by atoms with Gasteiger partial charge in [-0.15, -0.1) is 11.3 Å². The quantitative estimate of drug-likeness (QED) is 0.774. The van der Waals surface area contributed by atoms with Crippen LogP contribution in [0.15, 0.2) is 53.5 Å². The molecule has 0 radical (unpaired) electrons. The molecule has 5 heteroatoms. The first-order valence-corrected chi connectivity index (χ1v) is 9.96. The van der Waals surface area contributed by atoms with Gasteiger partial charge in [-0.25, -0.2) is 0 Å². The van der Waals surface area contributed by atoms with Crippen molar-refractivity contribution in [3.8, 4) is 0 Å². The van der Waals surface area contributed by atoms with Crippen LogP contribution in [0, 0.1) is 5.92 Å². The van der Waals surface area contributed by atoms with E-state index in [-0.39, 0.29) is 11.8 Å². The minimum Gasteiger partial charge on any atom is -0.366 e. The highest BCUT2D eigenvalue weighted by atomic mass is 32.1. The Labute approximate surface area is 157 Å². The second kappa shape index (κ2) is 7.08. The average Bonchev–Trinajstić information content (AvgIpc) is 3.25. The molecule has 4 rings (SSSR count). The molecule has 2 amide bonds. The third kappa shape index (κ3) is 3.07. The number of benzene rings is 1. The van der Waals surface area contributed by atoms with Crippen molar-refractivity contribution in [2.75, 3.05) is 13.1 Å². The maximum absolute atomic E-state index is 13.2. The Kier molecular flexibility index (Phi) is 4.64. The zero-order valence-electron chi connectivity index (χ0n) is 14.9. The summed E-state index contributed by atoms with van der Waals surface area (Å²) < 4.78 is 0. The fourth-order valence-corrected chi connectivity index (χ4v) is 4.56. The van der Waals surface area contributed by atoms with Gasteiger partial charge in [0.2, 0.25) is 0 Å². The Balaban J connectivity index is 1.71. The van der Waals surface area contributed by atoms with Gasteiger partial charge in [0, 0.05) is 18.0 Å². The number of thiophene rings is 1. The highest BCUT2D eigenvalue weighted by Crippen LogP contribution is 2.36. The molecule has 1 atom stereocenters. The molecule has 2 aromatic rings. The van der Waals surface area contributed by atoms with Crippen molar-refractivity contribution in [1.82, 2.24) is 9.80 Å². The molecule has 0 aliphatic carbocycles. The number of hydrogen-bond donors (Lipinski definition) is 0. The Morgan fingerprint density at radius 2 is 1.88 bits per heavy atom. The van der Waals surface area contributed by atoms with Crippen LogP contribution < -0.4 is 0 Å². The number of piperidine rings is 1. The van der Waals surface area contributed by atoms with Gasteiger partial charge in [0.25, 0.3) is 11.8 Å². The number of nitrogens with zero attached hydrogens (tertiary/aromatic N) is 2. The van der Waals surface area contributed by atoms with Crippen molar-refractivity contribution in [2.24, 2.45) is 5.92 Å². The normalized spacial score (nSPS) is 21.0. The van der Waals surface area contributed by atoms with Gasteiger partial charge in [-0.3, -0.25) is 14.5 Å². The first-order chi connectivity index (χ1) is 12.6. The highest BCUT2D eigenvalue weighted by Gasteiger charge is 2.42. The van der Waals surface area contributed by atoms with Crippen LogP contribution in [-0.4, -0.2) is 34.7 Å². The standard InChI is InChI=1S/C21H22N2O2S/c1-15-7-5-11-22(13-15)19-18(17-10-6-12-26-17)20(24)23(21(19)25)14-16-8-3-2-4-9-16/h2-4,6,8-10,12,15H,5,7,11,13-14H2,1H3. The number of hydrogen-bond acceptors (Lipinski definition) is 4. The van der Waals surface area contributed by atoms with Gasteiger partial charge in [0.15, 0.2) is 0 Å². The van der Waals surface area contributed by atoms with Gasteiger partial charge in [0.05, 0.1) is 12.1 Å². The van der Waals surface area contributed by atoms with Crippen LogP contribution >= 0.6 is 11.3 Å². The van der Waals surface area contributed by atoms with Crippen LogP contribution in [0.4, 0.5) is 0 Å². The number of rotatable bonds is 4. The molecule has 2 aliphatic heterocycles. The minimum absolute atomic E-state index is 0.156. The maximum atomic E-state index is 13.2. The zero-order chi connectivity index (χ0) is 18.1. The molecule has 2 aliphatic rings. The molecular weight excluding hydrogens is 344 g/mol. The van der Waals surface area contributed by atoms with E-state index in [2.05, 4.69) is 11.8 Å². The van der Waals surface area contributed by atoms with Crippen LogP contribution in [0.5, 0.6) is 0 Å². The first kappa shape index (κ1) is 17.0. The van der Waals surface area contributed by atoms with Gasteiger partial charge >= 0.3 is 0 Å². The Bertz CT molecular complexity index is 842. The van der Waals surface area contributed by atoms with Crippen molar-refractivity contribution in [1.29, 1.82) is 0 Å². The fraction of sp³-hybridized carbons (Fsp3) is 0.333. The van der Waals surface area contributed by atoms with E-state index in [1.807, 2.05) is 47.8 Å². The lowest BCUT2D eigenvalue weighted by atomic mass is 9.99. The van der Waals surface area contributed by atoms with Crippen molar-refractivity contribution < 1.29 is 9.59 Å². The average molecular weight is 366 g/mol. The van der Waals surface area contributed by atoms with Gasteiger partial charge in [-0.1, -0.05) is 43.3 Å². The third-order valence-electron chi connectivity index (χ3n) is 5.07. The molecule has 1 saturated heterocycles. The van der Waals surface area contributed by atoms with E-state index in [1.165, 1.54) is 22.7 Å². The highest BCUT2D eigenvalue weighted by molar-refractivity contribution is 7.11. The van der Waals surface area contributed by atoms with Crippen LogP contribution in [0.25, 0.3) is 5.57 Å². The SMILES string of the molecule is CC1CCCN(C2=C(c3cccs3)C(=O)N(Cc3ccccc3)C2=O)C1. The van der Waals surface area contributed by atoms with E-state index in [4.69, 9.17) is 0 Å². The van der Waals surface area contributed by atoms with Crippen LogP contribution in [0.1, 0.15) is 30.2 Å². The summed E-state index contributed by atoms with van der Waals surface area (Å²) in [6.07, 6.45) is 2.23. The fourth-order valence-electron chi connectivity index (χ4n) is 3.80. The largest absolute Gasteiger partial charge is 0.366 e. The Morgan fingerprint density at radius 1 is 1.08 bits per heavy atom. The maximum Gasteiger partial charge on any atom is 0.278 e. The number of amides is 2. The van der Waals surface area contributed by atoms with E-state index in [9.17, 15) is 9.59 Å². The number of likely N-dealkylation sites (tertiary alicyclic amines) is 1. The van der Waals surface area contributed by atoms with Gasteiger partial charge in [-0.2, -0.15) is 0 Å². The molecule has 134 valence electrons. The van der Waals surface area contributed by atoms with E-state index in [1.54, 1.807) is 0 Å². The monoisotopic (exact) mass is 366 g/mol. The van der Waals surface area contributed by atoms with Gasteiger partial charge in [0.1, 0.15) is 5.70 Å².